The first-order valence-corrected chi connectivity index (χ1v) is 17.1. The Balaban J connectivity index is 1.21. The van der Waals surface area contributed by atoms with Gasteiger partial charge in [-0.2, -0.15) is 0 Å². The summed E-state index contributed by atoms with van der Waals surface area (Å²) in [6.45, 7) is 0. The zero-order valence-electron chi connectivity index (χ0n) is 27.5. The van der Waals surface area contributed by atoms with Gasteiger partial charge in [0.1, 0.15) is 16.8 Å². The van der Waals surface area contributed by atoms with Gasteiger partial charge in [-0.15, -0.1) is 0 Å². The first-order chi connectivity index (χ1) is 25.3. The molecule has 0 atom stereocenters. The lowest BCUT2D eigenvalue weighted by Crippen LogP contribution is -2.11. The van der Waals surface area contributed by atoms with Crippen LogP contribution < -0.4 is 4.90 Å². The van der Waals surface area contributed by atoms with Crippen molar-refractivity contribution in [1.82, 2.24) is 4.98 Å². The molecule has 0 aliphatic heterocycles. The Morgan fingerprint density at radius 1 is 0.392 bits per heavy atom. The molecule has 0 bridgehead atoms. The minimum atomic E-state index is 0.565. The van der Waals surface area contributed by atoms with E-state index in [1.54, 1.807) is 0 Å². The van der Waals surface area contributed by atoms with Crippen molar-refractivity contribution < 1.29 is 8.83 Å². The van der Waals surface area contributed by atoms with Gasteiger partial charge in [0.2, 0.25) is 5.89 Å². The summed E-state index contributed by atoms with van der Waals surface area (Å²) >= 11 is 0. The molecule has 10 rings (SSSR count). The second kappa shape index (κ2) is 11.9. The number of oxazole rings is 1. The molecule has 0 saturated carbocycles. The molecule has 0 amide bonds. The monoisotopic (exact) mass is 654 g/mol. The van der Waals surface area contributed by atoms with E-state index in [1.807, 2.05) is 54.6 Å². The van der Waals surface area contributed by atoms with Gasteiger partial charge in [0, 0.05) is 27.7 Å². The smallest absolute Gasteiger partial charge is 0.227 e. The van der Waals surface area contributed by atoms with Crippen molar-refractivity contribution in [2.75, 3.05) is 4.90 Å². The Bertz CT molecular complexity index is 2840. The van der Waals surface area contributed by atoms with Crippen molar-refractivity contribution in [3.05, 3.63) is 182 Å². The average Bonchev–Trinajstić information content (AvgIpc) is 3.81. The number of anilines is 3. The third kappa shape index (κ3) is 5.04. The van der Waals surface area contributed by atoms with Crippen LogP contribution in [-0.4, -0.2) is 4.98 Å². The summed E-state index contributed by atoms with van der Waals surface area (Å²) in [6, 6.07) is 63.3. The molecule has 0 N–H and O–H groups in total. The van der Waals surface area contributed by atoms with Crippen molar-refractivity contribution in [1.29, 1.82) is 0 Å². The number of hydrogen-bond acceptors (Lipinski definition) is 4. The van der Waals surface area contributed by atoms with E-state index in [1.165, 1.54) is 21.9 Å². The normalized spacial score (nSPS) is 11.5. The van der Waals surface area contributed by atoms with Crippen LogP contribution in [0.3, 0.4) is 0 Å². The SMILES string of the molecule is c1ccc(-c2ccc(N(c3ccc(-c4ccc5ccccc5c4)cc3)c3c4nc(-c5ccccc5)oc4cc4c3oc3ccccc34)cc2)cc1. The van der Waals surface area contributed by atoms with Crippen LogP contribution >= 0.6 is 0 Å². The maximum absolute atomic E-state index is 6.73. The first kappa shape index (κ1) is 29.0. The molecule has 0 aliphatic rings. The molecule has 10 aromatic rings. The predicted molar refractivity (Wildman–Crippen MR) is 210 cm³/mol. The fourth-order valence-corrected chi connectivity index (χ4v) is 7.15. The molecule has 0 fully saturated rings. The minimum absolute atomic E-state index is 0.565. The number of rotatable bonds is 6. The standard InChI is InChI=1S/C47H30N2O2/c1-3-11-31(12-4-1)33-21-25-38(26-22-33)49(39-27-23-34(24-28-39)37-20-19-32-13-7-8-16-36(32)29-37)45-44-43(51-47(48-44)35-14-5-2-6-15-35)30-41-40-17-9-10-18-42(40)50-46(41)45/h1-30H. The van der Waals surface area contributed by atoms with Gasteiger partial charge in [-0.25, -0.2) is 4.98 Å². The molecule has 0 radical (unpaired) electrons. The number of aromatic nitrogens is 1. The van der Waals surface area contributed by atoms with Gasteiger partial charge in [0.15, 0.2) is 11.2 Å². The zero-order chi connectivity index (χ0) is 33.7. The lowest BCUT2D eigenvalue weighted by Gasteiger charge is -2.26. The third-order valence-corrected chi connectivity index (χ3v) is 9.69. The average molecular weight is 655 g/mol. The molecular formula is C47H30N2O2. The molecule has 0 saturated heterocycles. The number of para-hydroxylation sites is 1. The molecule has 240 valence electrons. The Labute approximate surface area is 294 Å². The summed E-state index contributed by atoms with van der Waals surface area (Å²) in [7, 11) is 0. The van der Waals surface area contributed by atoms with Crippen LogP contribution in [-0.2, 0) is 0 Å². The molecular weight excluding hydrogens is 625 g/mol. The van der Waals surface area contributed by atoms with E-state index in [4.69, 9.17) is 13.8 Å². The molecule has 0 aliphatic carbocycles. The van der Waals surface area contributed by atoms with Crippen molar-refractivity contribution in [2.45, 2.75) is 0 Å². The highest BCUT2D eigenvalue weighted by atomic mass is 16.4. The van der Waals surface area contributed by atoms with Crippen LogP contribution in [0.4, 0.5) is 17.1 Å². The van der Waals surface area contributed by atoms with Crippen molar-refractivity contribution in [3.63, 3.8) is 0 Å². The second-order valence-corrected chi connectivity index (χ2v) is 12.8. The predicted octanol–water partition coefficient (Wildman–Crippen LogP) is 13.4. The van der Waals surface area contributed by atoms with Crippen molar-refractivity contribution >= 4 is 60.9 Å². The van der Waals surface area contributed by atoms with E-state index in [0.717, 1.165) is 61.2 Å². The van der Waals surface area contributed by atoms with E-state index in [2.05, 4.69) is 132 Å². The maximum atomic E-state index is 6.73. The molecule has 51 heavy (non-hydrogen) atoms. The topological polar surface area (TPSA) is 42.4 Å². The maximum Gasteiger partial charge on any atom is 0.227 e. The van der Waals surface area contributed by atoms with Crippen molar-refractivity contribution in [3.8, 4) is 33.7 Å². The van der Waals surface area contributed by atoms with Crippen LogP contribution in [0.15, 0.2) is 191 Å². The highest BCUT2D eigenvalue weighted by Gasteiger charge is 2.26. The molecule has 0 spiro atoms. The largest absolute Gasteiger partial charge is 0.454 e. The minimum Gasteiger partial charge on any atom is -0.454 e. The lowest BCUT2D eigenvalue weighted by atomic mass is 10.0. The highest BCUT2D eigenvalue weighted by molar-refractivity contribution is 6.17. The van der Waals surface area contributed by atoms with Crippen LogP contribution in [0.25, 0.3) is 77.5 Å². The Morgan fingerprint density at radius 2 is 0.961 bits per heavy atom. The summed E-state index contributed by atoms with van der Waals surface area (Å²) < 4.78 is 13.3. The Morgan fingerprint density at radius 3 is 1.69 bits per heavy atom. The summed E-state index contributed by atoms with van der Waals surface area (Å²) in [5.41, 5.74) is 11.3. The molecule has 4 nitrogen and oxygen atoms in total. The van der Waals surface area contributed by atoms with Crippen LogP contribution in [0.2, 0.25) is 0 Å². The van der Waals surface area contributed by atoms with Gasteiger partial charge in [0.05, 0.1) is 0 Å². The number of furan rings is 1. The van der Waals surface area contributed by atoms with Gasteiger partial charge in [0.25, 0.3) is 0 Å². The summed E-state index contributed by atoms with van der Waals surface area (Å²) in [5, 5.41) is 4.45. The first-order valence-electron chi connectivity index (χ1n) is 17.1. The third-order valence-electron chi connectivity index (χ3n) is 9.69. The van der Waals surface area contributed by atoms with Crippen LogP contribution in [0, 0.1) is 0 Å². The highest BCUT2D eigenvalue weighted by Crippen LogP contribution is 2.47. The fourth-order valence-electron chi connectivity index (χ4n) is 7.15. The lowest BCUT2D eigenvalue weighted by molar-refractivity contribution is 0.620. The Kier molecular flexibility index (Phi) is 6.78. The number of hydrogen-bond donors (Lipinski definition) is 0. The van der Waals surface area contributed by atoms with Crippen LogP contribution in [0.1, 0.15) is 0 Å². The van der Waals surface area contributed by atoms with Crippen LogP contribution in [0.5, 0.6) is 0 Å². The van der Waals surface area contributed by atoms with E-state index >= 15 is 0 Å². The number of benzene rings is 8. The van der Waals surface area contributed by atoms with E-state index in [9.17, 15) is 0 Å². The fraction of sp³-hybridized carbons (Fsp3) is 0. The number of nitrogens with zero attached hydrogens (tertiary/aromatic N) is 2. The molecule has 0 unspecified atom stereocenters. The van der Waals surface area contributed by atoms with E-state index in [-0.39, 0.29) is 0 Å². The van der Waals surface area contributed by atoms with Gasteiger partial charge in [-0.3, -0.25) is 0 Å². The summed E-state index contributed by atoms with van der Waals surface area (Å²) in [4.78, 5) is 7.42. The summed E-state index contributed by atoms with van der Waals surface area (Å²) in [6.07, 6.45) is 0. The summed E-state index contributed by atoms with van der Waals surface area (Å²) in [5.74, 6) is 0.565. The Hall–Kier alpha value is -6.91. The molecule has 2 heterocycles. The molecule has 8 aromatic carbocycles. The molecule has 4 heteroatoms. The van der Waals surface area contributed by atoms with Gasteiger partial charge in [-0.05, 0) is 87.6 Å². The zero-order valence-corrected chi connectivity index (χ0v) is 27.5. The van der Waals surface area contributed by atoms with E-state index in [0.29, 0.717) is 11.5 Å². The quantitative estimate of drug-likeness (QED) is 0.179. The van der Waals surface area contributed by atoms with Crippen molar-refractivity contribution in [2.24, 2.45) is 0 Å². The van der Waals surface area contributed by atoms with Gasteiger partial charge in [-0.1, -0.05) is 127 Å². The van der Waals surface area contributed by atoms with Gasteiger partial charge >= 0.3 is 0 Å². The number of fused-ring (bicyclic) bond motifs is 5. The van der Waals surface area contributed by atoms with Gasteiger partial charge < -0.3 is 13.7 Å². The molecule has 2 aromatic heterocycles. The second-order valence-electron chi connectivity index (χ2n) is 12.8. The van der Waals surface area contributed by atoms with E-state index < -0.39 is 0 Å².